The zero-order chi connectivity index (χ0) is 25.4. The quantitative estimate of drug-likeness (QED) is 0.153. The van der Waals surface area contributed by atoms with Gasteiger partial charge in [0.15, 0.2) is 0 Å². The van der Waals surface area contributed by atoms with Gasteiger partial charge in [-0.25, -0.2) is 14.0 Å². The Morgan fingerprint density at radius 1 is 0.714 bits per heavy atom. The van der Waals surface area contributed by atoms with Gasteiger partial charge in [-0.3, -0.25) is 0 Å². The molecule has 0 unspecified atom stereocenters. The smallest absolute Gasteiger partial charge is 0.338 e. The third kappa shape index (κ3) is 7.24. The van der Waals surface area contributed by atoms with E-state index in [1.165, 1.54) is 6.07 Å². The number of halogens is 1. The number of hydrogen-bond acceptors (Lipinski definition) is 4. The van der Waals surface area contributed by atoms with Gasteiger partial charge < -0.3 is 9.47 Å². The highest BCUT2D eigenvalue weighted by Gasteiger charge is 2.08. The second-order valence-electron chi connectivity index (χ2n) is 7.90. The lowest BCUT2D eigenvalue weighted by molar-refractivity contribution is -0.130. The second-order valence-corrected chi connectivity index (χ2v) is 7.90. The van der Waals surface area contributed by atoms with Crippen molar-refractivity contribution in [2.24, 2.45) is 0 Å². The van der Waals surface area contributed by atoms with Gasteiger partial charge in [0, 0.05) is 22.3 Å². The number of rotatable bonds is 8. The van der Waals surface area contributed by atoms with Crippen LogP contribution < -0.4 is 9.47 Å². The molecule has 3 aromatic carbocycles. The Morgan fingerprint density at radius 3 is 2.03 bits per heavy atom. The van der Waals surface area contributed by atoms with Crippen molar-refractivity contribution < 1.29 is 23.5 Å². The molecule has 3 rings (SSSR count). The van der Waals surface area contributed by atoms with Crippen LogP contribution >= 0.6 is 0 Å². The largest absolute Gasteiger partial charge is 0.423 e. The molecule has 0 spiro atoms. The fraction of sp³-hybridized carbons (Fsp3) is 0.0667. The minimum atomic E-state index is -0.507. The molecular formula is C30H25FO4. The summed E-state index contributed by atoms with van der Waals surface area (Å²) in [6, 6.07) is 18.9. The van der Waals surface area contributed by atoms with Crippen LogP contribution in [0.25, 0.3) is 24.3 Å². The number of benzene rings is 3. The number of carbonyl (C=O) groups is 2. The van der Waals surface area contributed by atoms with Crippen molar-refractivity contribution in [1.29, 1.82) is 0 Å². The Labute approximate surface area is 204 Å². The Kier molecular flexibility index (Phi) is 8.30. The second kappa shape index (κ2) is 11.6. The normalized spacial score (nSPS) is 10.9. The summed E-state index contributed by atoms with van der Waals surface area (Å²) in [6.07, 6.45) is 6.87. The standard InChI is InChI=1S/C30H25FO4/c1-20(2)29(32)34-26-10-7-8-22(18-26)12-15-24-16-13-23(19-27(24)31)14-17-25-9-5-6-11-28(25)35-30(33)21(3)4/h5-19H,1,3H2,2,4H3/b15-12+,17-14+. The molecule has 4 nitrogen and oxygen atoms in total. The highest BCUT2D eigenvalue weighted by atomic mass is 19.1. The number of hydrogen-bond donors (Lipinski definition) is 0. The van der Waals surface area contributed by atoms with Crippen molar-refractivity contribution in [3.05, 3.63) is 119 Å². The van der Waals surface area contributed by atoms with E-state index in [4.69, 9.17) is 9.47 Å². The molecule has 0 aliphatic heterocycles. The maximum atomic E-state index is 14.7. The van der Waals surface area contributed by atoms with Crippen LogP contribution in [-0.4, -0.2) is 11.9 Å². The minimum Gasteiger partial charge on any atom is -0.423 e. The topological polar surface area (TPSA) is 52.6 Å². The summed E-state index contributed by atoms with van der Waals surface area (Å²) in [5.41, 5.74) is 3.09. The average molecular weight is 469 g/mol. The first kappa shape index (κ1) is 25.1. The van der Waals surface area contributed by atoms with E-state index in [1.807, 2.05) is 12.1 Å². The summed E-state index contributed by atoms with van der Waals surface area (Å²) in [5.74, 6) is -0.622. The van der Waals surface area contributed by atoms with Gasteiger partial charge in [0.1, 0.15) is 17.3 Å². The van der Waals surface area contributed by atoms with Gasteiger partial charge >= 0.3 is 11.9 Å². The average Bonchev–Trinajstić information content (AvgIpc) is 2.83. The summed E-state index contributed by atoms with van der Waals surface area (Å²) < 4.78 is 25.3. The molecule has 0 aromatic heterocycles. The summed E-state index contributed by atoms with van der Waals surface area (Å²) in [5, 5.41) is 0. The molecule has 5 heteroatoms. The van der Waals surface area contributed by atoms with Gasteiger partial charge in [-0.1, -0.05) is 79.9 Å². The number of para-hydroxylation sites is 1. The van der Waals surface area contributed by atoms with Gasteiger partial charge in [-0.15, -0.1) is 0 Å². The molecule has 0 saturated heterocycles. The Hall–Kier alpha value is -4.51. The molecular weight excluding hydrogens is 443 g/mol. The predicted molar refractivity (Wildman–Crippen MR) is 138 cm³/mol. The highest BCUT2D eigenvalue weighted by Crippen LogP contribution is 2.23. The molecule has 0 radical (unpaired) electrons. The minimum absolute atomic E-state index is 0.300. The first-order valence-electron chi connectivity index (χ1n) is 10.8. The molecule has 0 N–H and O–H groups in total. The first-order valence-corrected chi connectivity index (χ1v) is 10.8. The SMILES string of the molecule is C=C(C)C(=O)Oc1cccc(/C=C/c2ccc(/C=C/c3ccccc3OC(=O)C(=C)C)cc2F)c1. The van der Waals surface area contributed by atoms with E-state index < -0.39 is 17.8 Å². The van der Waals surface area contributed by atoms with Crippen LogP contribution in [0, 0.1) is 5.82 Å². The van der Waals surface area contributed by atoms with Crippen molar-refractivity contribution in [2.45, 2.75) is 13.8 Å². The van der Waals surface area contributed by atoms with Gasteiger partial charge in [0.2, 0.25) is 0 Å². The molecule has 0 saturated carbocycles. The van der Waals surface area contributed by atoms with Crippen LogP contribution in [-0.2, 0) is 9.59 Å². The van der Waals surface area contributed by atoms with Crippen LogP contribution in [0.4, 0.5) is 4.39 Å². The lowest BCUT2D eigenvalue weighted by atomic mass is 10.1. The van der Waals surface area contributed by atoms with E-state index in [2.05, 4.69) is 13.2 Å². The molecule has 176 valence electrons. The third-order valence-electron chi connectivity index (χ3n) is 4.82. The number of esters is 2. The highest BCUT2D eigenvalue weighted by molar-refractivity contribution is 5.90. The van der Waals surface area contributed by atoms with Crippen molar-refractivity contribution in [1.82, 2.24) is 0 Å². The number of ether oxygens (including phenoxy) is 2. The molecule has 0 amide bonds. The summed E-state index contributed by atoms with van der Waals surface area (Å²) in [7, 11) is 0. The van der Waals surface area contributed by atoms with Crippen LogP contribution in [0.1, 0.15) is 36.1 Å². The Bertz CT molecular complexity index is 1350. The van der Waals surface area contributed by atoms with Gasteiger partial charge in [-0.05, 0) is 49.2 Å². The van der Waals surface area contributed by atoms with E-state index >= 15 is 0 Å². The summed E-state index contributed by atoms with van der Waals surface area (Å²) in [4.78, 5) is 23.5. The molecule has 0 aliphatic carbocycles. The van der Waals surface area contributed by atoms with Gasteiger partial charge in [0.05, 0.1) is 0 Å². The Morgan fingerprint density at radius 2 is 1.34 bits per heavy atom. The fourth-order valence-corrected chi connectivity index (χ4v) is 2.93. The molecule has 0 fully saturated rings. The zero-order valence-electron chi connectivity index (χ0n) is 19.6. The van der Waals surface area contributed by atoms with Crippen LogP contribution in [0.2, 0.25) is 0 Å². The molecule has 0 aliphatic rings. The van der Waals surface area contributed by atoms with Crippen molar-refractivity contribution in [2.75, 3.05) is 0 Å². The van der Waals surface area contributed by atoms with E-state index in [0.717, 1.165) is 5.56 Å². The van der Waals surface area contributed by atoms with E-state index in [1.54, 1.807) is 86.7 Å². The third-order valence-corrected chi connectivity index (χ3v) is 4.82. The molecule has 3 aromatic rings. The molecule has 0 atom stereocenters. The first-order chi connectivity index (χ1) is 16.7. The lowest BCUT2D eigenvalue weighted by Crippen LogP contribution is -2.08. The van der Waals surface area contributed by atoms with Gasteiger partial charge in [0.25, 0.3) is 0 Å². The van der Waals surface area contributed by atoms with E-state index in [-0.39, 0.29) is 0 Å². The lowest BCUT2D eigenvalue weighted by Gasteiger charge is -2.07. The maximum Gasteiger partial charge on any atom is 0.338 e. The van der Waals surface area contributed by atoms with Crippen molar-refractivity contribution in [3.63, 3.8) is 0 Å². The maximum absolute atomic E-state index is 14.7. The van der Waals surface area contributed by atoms with Gasteiger partial charge in [-0.2, -0.15) is 0 Å². The van der Waals surface area contributed by atoms with Crippen molar-refractivity contribution >= 4 is 36.2 Å². The Balaban J connectivity index is 1.73. The predicted octanol–water partition coefficient (Wildman–Crippen LogP) is 7.13. The monoisotopic (exact) mass is 468 g/mol. The van der Waals surface area contributed by atoms with Crippen LogP contribution in [0.5, 0.6) is 11.5 Å². The molecule has 0 bridgehead atoms. The van der Waals surface area contributed by atoms with E-state index in [9.17, 15) is 14.0 Å². The summed E-state index contributed by atoms with van der Waals surface area (Å²) in [6.45, 7) is 10.3. The summed E-state index contributed by atoms with van der Waals surface area (Å²) >= 11 is 0. The van der Waals surface area contributed by atoms with Crippen LogP contribution in [0.15, 0.2) is 91.0 Å². The zero-order valence-corrected chi connectivity index (χ0v) is 19.6. The molecule has 35 heavy (non-hydrogen) atoms. The fourth-order valence-electron chi connectivity index (χ4n) is 2.93. The molecule has 0 heterocycles. The number of carbonyl (C=O) groups excluding carboxylic acids is 2. The van der Waals surface area contributed by atoms with Crippen LogP contribution in [0.3, 0.4) is 0 Å². The van der Waals surface area contributed by atoms with Crippen molar-refractivity contribution in [3.8, 4) is 11.5 Å². The van der Waals surface area contributed by atoms with E-state index in [0.29, 0.717) is 39.3 Å².